The standard InChI is InChI=1S/C13H25NO2.ClH/c1-11(2)9-14-10-13(8-12(15)16)6-4-3-5-7-13;/h11,14H,3-10H2,1-2H3,(H,15,16);1H. The second-order valence-corrected chi connectivity index (χ2v) is 5.66. The summed E-state index contributed by atoms with van der Waals surface area (Å²) >= 11 is 0. The fourth-order valence-electron chi connectivity index (χ4n) is 2.66. The fraction of sp³-hybridized carbons (Fsp3) is 0.923. The van der Waals surface area contributed by atoms with Crippen molar-refractivity contribution in [2.45, 2.75) is 52.4 Å². The lowest BCUT2D eigenvalue weighted by atomic mass is 9.71. The van der Waals surface area contributed by atoms with Gasteiger partial charge >= 0.3 is 5.97 Å². The predicted octanol–water partition coefficient (Wildman–Crippen LogP) is 3.08. The molecule has 1 saturated carbocycles. The molecule has 1 rings (SSSR count). The number of hydrogen-bond acceptors (Lipinski definition) is 2. The number of carboxylic acid groups (broad SMARTS) is 1. The molecule has 0 radical (unpaired) electrons. The van der Waals surface area contributed by atoms with Crippen LogP contribution in [-0.4, -0.2) is 24.2 Å². The summed E-state index contributed by atoms with van der Waals surface area (Å²) in [6.07, 6.45) is 6.13. The smallest absolute Gasteiger partial charge is 0.303 e. The summed E-state index contributed by atoms with van der Waals surface area (Å²) < 4.78 is 0. The Bertz CT molecular complexity index is 225. The third-order valence-electron chi connectivity index (χ3n) is 3.49. The summed E-state index contributed by atoms with van der Waals surface area (Å²) in [5, 5.41) is 12.4. The van der Waals surface area contributed by atoms with Crippen molar-refractivity contribution < 1.29 is 9.90 Å². The quantitative estimate of drug-likeness (QED) is 0.774. The van der Waals surface area contributed by atoms with Gasteiger partial charge in [-0.05, 0) is 30.7 Å². The summed E-state index contributed by atoms with van der Waals surface area (Å²) in [7, 11) is 0. The molecule has 0 aromatic carbocycles. The monoisotopic (exact) mass is 263 g/mol. The van der Waals surface area contributed by atoms with Crippen LogP contribution in [0.1, 0.15) is 52.4 Å². The molecule has 102 valence electrons. The van der Waals surface area contributed by atoms with E-state index in [0.717, 1.165) is 25.9 Å². The van der Waals surface area contributed by atoms with E-state index in [-0.39, 0.29) is 17.8 Å². The first-order chi connectivity index (χ1) is 7.54. The maximum atomic E-state index is 10.9. The molecule has 0 saturated heterocycles. The normalized spacial score (nSPS) is 18.8. The first-order valence-corrected chi connectivity index (χ1v) is 6.47. The van der Waals surface area contributed by atoms with Crippen molar-refractivity contribution in [3.8, 4) is 0 Å². The number of carbonyl (C=O) groups is 1. The van der Waals surface area contributed by atoms with Crippen molar-refractivity contribution in [1.82, 2.24) is 5.32 Å². The number of carboxylic acids is 1. The zero-order chi connectivity index (χ0) is 12.0. The Labute approximate surface area is 111 Å². The van der Waals surface area contributed by atoms with Gasteiger partial charge in [-0.3, -0.25) is 4.79 Å². The van der Waals surface area contributed by atoms with Crippen LogP contribution >= 0.6 is 12.4 Å². The van der Waals surface area contributed by atoms with Crippen molar-refractivity contribution in [3.05, 3.63) is 0 Å². The molecule has 1 fully saturated rings. The van der Waals surface area contributed by atoms with E-state index in [0.29, 0.717) is 12.3 Å². The van der Waals surface area contributed by atoms with Crippen LogP contribution in [0.15, 0.2) is 0 Å². The molecule has 17 heavy (non-hydrogen) atoms. The molecule has 0 bridgehead atoms. The van der Waals surface area contributed by atoms with Crippen LogP contribution in [0.5, 0.6) is 0 Å². The van der Waals surface area contributed by atoms with Crippen LogP contribution in [0.3, 0.4) is 0 Å². The highest BCUT2D eigenvalue weighted by atomic mass is 35.5. The first-order valence-electron chi connectivity index (χ1n) is 6.47. The van der Waals surface area contributed by atoms with Gasteiger partial charge in [-0.15, -0.1) is 12.4 Å². The first kappa shape index (κ1) is 16.7. The van der Waals surface area contributed by atoms with Gasteiger partial charge in [0.25, 0.3) is 0 Å². The lowest BCUT2D eigenvalue weighted by Crippen LogP contribution is -2.39. The molecule has 0 spiro atoms. The zero-order valence-corrected chi connectivity index (χ0v) is 11.8. The summed E-state index contributed by atoms with van der Waals surface area (Å²) in [5.74, 6) is -0.0151. The van der Waals surface area contributed by atoms with E-state index in [1.165, 1.54) is 19.3 Å². The minimum atomic E-state index is -0.645. The summed E-state index contributed by atoms with van der Waals surface area (Å²) in [4.78, 5) is 10.9. The minimum absolute atomic E-state index is 0. The number of nitrogens with one attached hydrogen (secondary N) is 1. The lowest BCUT2D eigenvalue weighted by molar-refractivity contribution is -0.140. The van der Waals surface area contributed by atoms with E-state index in [9.17, 15) is 4.79 Å². The summed E-state index contributed by atoms with van der Waals surface area (Å²) in [6.45, 7) is 6.22. The summed E-state index contributed by atoms with van der Waals surface area (Å²) in [6, 6.07) is 0. The van der Waals surface area contributed by atoms with Crippen LogP contribution in [0, 0.1) is 11.3 Å². The van der Waals surface area contributed by atoms with Crippen LogP contribution in [0.2, 0.25) is 0 Å². The second kappa shape index (κ2) is 7.93. The van der Waals surface area contributed by atoms with E-state index >= 15 is 0 Å². The number of aliphatic carboxylic acids is 1. The molecule has 0 aromatic heterocycles. The van der Waals surface area contributed by atoms with Crippen molar-refractivity contribution in [2.75, 3.05) is 13.1 Å². The van der Waals surface area contributed by atoms with E-state index in [1.807, 2.05) is 0 Å². The number of halogens is 1. The van der Waals surface area contributed by atoms with Crippen LogP contribution in [-0.2, 0) is 4.79 Å². The Hall–Kier alpha value is -0.280. The zero-order valence-electron chi connectivity index (χ0n) is 11.0. The van der Waals surface area contributed by atoms with E-state index < -0.39 is 5.97 Å². The molecule has 0 heterocycles. The second-order valence-electron chi connectivity index (χ2n) is 5.66. The van der Waals surface area contributed by atoms with Crippen molar-refractivity contribution >= 4 is 18.4 Å². The Balaban J connectivity index is 0.00000256. The highest BCUT2D eigenvalue weighted by Crippen LogP contribution is 2.38. The van der Waals surface area contributed by atoms with Gasteiger partial charge < -0.3 is 10.4 Å². The minimum Gasteiger partial charge on any atom is -0.481 e. The third kappa shape index (κ3) is 6.27. The predicted molar refractivity (Wildman–Crippen MR) is 72.7 cm³/mol. The summed E-state index contributed by atoms with van der Waals surface area (Å²) in [5.41, 5.74) is 0.0268. The van der Waals surface area contributed by atoms with Gasteiger partial charge in [0.15, 0.2) is 0 Å². The molecular formula is C13H26ClNO2. The third-order valence-corrected chi connectivity index (χ3v) is 3.49. The van der Waals surface area contributed by atoms with Crippen LogP contribution < -0.4 is 5.32 Å². The van der Waals surface area contributed by atoms with Gasteiger partial charge in [0, 0.05) is 6.54 Å². The Morgan fingerprint density at radius 2 is 1.88 bits per heavy atom. The highest BCUT2D eigenvalue weighted by molar-refractivity contribution is 5.85. The largest absolute Gasteiger partial charge is 0.481 e. The molecule has 0 aromatic rings. The van der Waals surface area contributed by atoms with Gasteiger partial charge in [0.1, 0.15) is 0 Å². The van der Waals surface area contributed by atoms with Gasteiger partial charge in [-0.25, -0.2) is 0 Å². The molecule has 0 aliphatic heterocycles. The van der Waals surface area contributed by atoms with Crippen LogP contribution in [0.25, 0.3) is 0 Å². The van der Waals surface area contributed by atoms with Gasteiger partial charge in [-0.1, -0.05) is 33.1 Å². The average Bonchev–Trinajstić information content (AvgIpc) is 2.17. The molecule has 0 amide bonds. The van der Waals surface area contributed by atoms with Crippen molar-refractivity contribution in [2.24, 2.45) is 11.3 Å². The SMILES string of the molecule is CC(C)CNCC1(CC(=O)O)CCCCC1.Cl. The Morgan fingerprint density at radius 1 is 1.29 bits per heavy atom. The Morgan fingerprint density at radius 3 is 2.35 bits per heavy atom. The molecule has 0 atom stereocenters. The number of rotatable bonds is 6. The van der Waals surface area contributed by atoms with E-state index in [1.54, 1.807) is 0 Å². The molecule has 1 aliphatic carbocycles. The molecule has 0 unspecified atom stereocenters. The molecular weight excluding hydrogens is 238 g/mol. The van der Waals surface area contributed by atoms with Crippen molar-refractivity contribution in [1.29, 1.82) is 0 Å². The Kier molecular flexibility index (Phi) is 7.80. The van der Waals surface area contributed by atoms with Gasteiger partial charge in [0.2, 0.25) is 0 Å². The van der Waals surface area contributed by atoms with Crippen LogP contribution in [0.4, 0.5) is 0 Å². The maximum Gasteiger partial charge on any atom is 0.303 e. The number of hydrogen-bond donors (Lipinski definition) is 2. The van der Waals surface area contributed by atoms with Gasteiger partial charge in [0.05, 0.1) is 6.42 Å². The lowest BCUT2D eigenvalue weighted by Gasteiger charge is -2.36. The van der Waals surface area contributed by atoms with Crippen molar-refractivity contribution in [3.63, 3.8) is 0 Å². The van der Waals surface area contributed by atoms with Gasteiger partial charge in [-0.2, -0.15) is 0 Å². The highest BCUT2D eigenvalue weighted by Gasteiger charge is 2.33. The maximum absolute atomic E-state index is 10.9. The van der Waals surface area contributed by atoms with E-state index in [2.05, 4.69) is 19.2 Å². The molecule has 3 nitrogen and oxygen atoms in total. The molecule has 2 N–H and O–H groups in total. The molecule has 4 heteroatoms. The molecule has 1 aliphatic rings. The topological polar surface area (TPSA) is 49.3 Å². The van der Waals surface area contributed by atoms with E-state index in [4.69, 9.17) is 5.11 Å². The average molecular weight is 264 g/mol. The fourth-order valence-corrected chi connectivity index (χ4v) is 2.66.